The number of ether oxygens (including phenoxy) is 1. The molecule has 0 atom stereocenters. The summed E-state index contributed by atoms with van der Waals surface area (Å²) in [6, 6.07) is 0. The smallest absolute Gasteiger partial charge is 0.311 e. The molecule has 0 spiro atoms. The van der Waals surface area contributed by atoms with Crippen molar-refractivity contribution in [2.24, 2.45) is 0 Å². The Morgan fingerprint density at radius 1 is 1.19 bits per heavy atom. The Balaban J connectivity index is 1.57. The number of rotatable bonds is 8. The summed E-state index contributed by atoms with van der Waals surface area (Å²) in [6.07, 6.45) is 6.21. The third-order valence-corrected chi connectivity index (χ3v) is 5.99. The summed E-state index contributed by atoms with van der Waals surface area (Å²) in [4.78, 5) is 44.0. The Morgan fingerprint density at radius 2 is 1.94 bits per heavy atom. The van der Waals surface area contributed by atoms with E-state index >= 15 is 0 Å². The second-order valence-electron chi connectivity index (χ2n) is 7.63. The van der Waals surface area contributed by atoms with E-state index in [0.29, 0.717) is 22.5 Å². The van der Waals surface area contributed by atoms with E-state index in [1.165, 1.54) is 25.4 Å². The van der Waals surface area contributed by atoms with Crippen LogP contribution in [0.3, 0.4) is 0 Å². The molecule has 0 bridgehead atoms. The van der Waals surface area contributed by atoms with Crippen LogP contribution in [-0.4, -0.2) is 40.0 Å². The van der Waals surface area contributed by atoms with Gasteiger partial charge in [-0.15, -0.1) is 11.3 Å². The Labute approximate surface area is 184 Å². The lowest BCUT2D eigenvalue weighted by molar-refractivity contribution is -0.139. The van der Waals surface area contributed by atoms with Crippen LogP contribution in [0, 0.1) is 0 Å². The van der Waals surface area contributed by atoms with Crippen molar-refractivity contribution in [1.82, 2.24) is 20.4 Å². The summed E-state index contributed by atoms with van der Waals surface area (Å²) in [6.45, 7) is 1.49. The highest BCUT2D eigenvalue weighted by Gasteiger charge is 2.38. The van der Waals surface area contributed by atoms with Crippen LogP contribution in [0.5, 0.6) is 0 Å². The number of amides is 2. The molecule has 0 radical (unpaired) electrons. The van der Waals surface area contributed by atoms with E-state index in [1.807, 2.05) is 0 Å². The summed E-state index contributed by atoms with van der Waals surface area (Å²) in [5, 5.41) is 12.0. The van der Waals surface area contributed by atoms with Crippen molar-refractivity contribution in [2.75, 3.05) is 12.4 Å². The van der Waals surface area contributed by atoms with E-state index in [4.69, 9.17) is 4.52 Å². The van der Waals surface area contributed by atoms with Gasteiger partial charge >= 0.3 is 5.97 Å². The summed E-state index contributed by atoms with van der Waals surface area (Å²) < 4.78 is 9.97. The zero-order valence-corrected chi connectivity index (χ0v) is 18.5. The number of anilines is 1. The van der Waals surface area contributed by atoms with Crippen LogP contribution < -0.4 is 10.6 Å². The average molecular weight is 450 g/mol. The molecule has 3 rings (SSSR count). The van der Waals surface area contributed by atoms with E-state index in [2.05, 4.69) is 30.5 Å². The minimum absolute atomic E-state index is 0.0592. The molecule has 2 heterocycles. The number of aryl methyl sites for hydroxylation is 1. The van der Waals surface area contributed by atoms with E-state index in [0.717, 1.165) is 38.5 Å². The van der Waals surface area contributed by atoms with Crippen molar-refractivity contribution in [3.8, 4) is 0 Å². The lowest BCUT2D eigenvalue weighted by Crippen LogP contribution is -2.45. The van der Waals surface area contributed by atoms with Crippen LogP contribution in [0.25, 0.3) is 0 Å². The molecule has 2 amide bonds. The first-order chi connectivity index (χ1) is 14.9. The lowest BCUT2D eigenvalue weighted by Gasteiger charge is -2.30. The minimum Gasteiger partial charge on any atom is -0.469 e. The summed E-state index contributed by atoms with van der Waals surface area (Å²) >= 11 is 1.24. The minimum atomic E-state index is -0.608. The molecule has 0 aromatic carbocycles. The monoisotopic (exact) mass is 449 g/mol. The highest BCUT2D eigenvalue weighted by atomic mass is 32.1. The first-order valence-electron chi connectivity index (χ1n) is 10.3. The SMILES string of the molecule is COC(=O)Cc1csc(NC(=O)CCc2nc(C3(NC(C)=O)CCCCCC3)no2)n1. The van der Waals surface area contributed by atoms with E-state index in [-0.39, 0.29) is 37.0 Å². The van der Waals surface area contributed by atoms with Crippen molar-refractivity contribution < 1.29 is 23.6 Å². The molecule has 1 aliphatic rings. The summed E-state index contributed by atoms with van der Waals surface area (Å²) in [5.74, 6) is 0.0745. The normalized spacial score (nSPS) is 15.7. The topological polar surface area (TPSA) is 136 Å². The van der Waals surface area contributed by atoms with Gasteiger partial charge < -0.3 is 19.9 Å². The van der Waals surface area contributed by atoms with E-state index in [9.17, 15) is 14.4 Å². The molecule has 1 saturated carbocycles. The molecule has 0 aliphatic heterocycles. The number of aromatic nitrogens is 3. The lowest BCUT2D eigenvalue weighted by atomic mass is 9.89. The highest BCUT2D eigenvalue weighted by Crippen LogP contribution is 2.34. The second kappa shape index (κ2) is 10.5. The van der Waals surface area contributed by atoms with Crippen molar-refractivity contribution in [1.29, 1.82) is 0 Å². The van der Waals surface area contributed by atoms with Crippen molar-refractivity contribution in [2.45, 2.75) is 70.3 Å². The van der Waals surface area contributed by atoms with Gasteiger partial charge in [-0.2, -0.15) is 4.98 Å². The van der Waals surface area contributed by atoms with Gasteiger partial charge in [-0.05, 0) is 12.8 Å². The van der Waals surface area contributed by atoms with Crippen LogP contribution in [0.4, 0.5) is 5.13 Å². The Kier molecular flexibility index (Phi) is 7.72. The predicted octanol–water partition coefficient (Wildman–Crippen LogP) is 2.50. The molecule has 11 heteroatoms. The third kappa shape index (κ3) is 6.33. The van der Waals surface area contributed by atoms with Gasteiger partial charge in [0.05, 0.1) is 19.2 Å². The number of nitrogens with zero attached hydrogens (tertiary/aromatic N) is 3. The Bertz CT molecular complexity index is 917. The maximum Gasteiger partial charge on any atom is 0.311 e. The van der Waals surface area contributed by atoms with Crippen molar-refractivity contribution in [3.05, 3.63) is 22.8 Å². The van der Waals surface area contributed by atoms with Crippen LogP contribution >= 0.6 is 11.3 Å². The third-order valence-electron chi connectivity index (χ3n) is 5.19. The standard InChI is InChI=1S/C20H27N5O5S/c1-13(26)24-20(9-5-3-4-6-10-20)18-23-16(30-25-18)8-7-15(27)22-19-21-14(12-31-19)11-17(28)29-2/h12H,3-11H2,1-2H3,(H,24,26)(H,21,22,27). The molecule has 31 heavy (non-hydrogen) atoms. The van der Waals surface area contributed by atoms with Crippen LogP contribution in [0.2, 0.25) is 0 Å². The number of thiazole rings is 1. The van der Waals surface area contributed by atoms with Crippen LogP contribution in [0.15, 0.2) is 9.90 Å². The van der Waals surface area contributed by atoms with Gasteiger partial charge in [-0.25, -0.2) is 4.98 Å². The highest BCUT2D eigenvalue weighted by molar-refractivity contribution is 7.13. The molecule has 2 aromatic heterocycles. The quantitative estimate of drug-likeness (QED) is 0.463. The number of carbonyl (C=O) groups is 3. The van der Waals surface area contributed by atoms with Gasteiger partial charge in [-0.1, -0.05) is 30.8 Å². The second-order valence-corrected chi connectivity index (χ2v) is 8.49. The molecule has 10 nitrogen and oxygen atoms in total. The molecule has 2 N–H and O–H groups in total. The van der Waals surface area contributed by atoms with Crippen LogP contribution in [-0.2, 0) is 37.5 Å². The zero-order valence-electron chi connectivity index (χ0n) is 17.7. The van der Waals surface area contributed by atoms with Gasteiger partial charge in [0.25, 0.3) is 0 Å². The maximum absolute atomic E-state index is 12.3. The summed E-state index contributed by atoms with van der Waals surface area (Å²) in [7, 11) is 1.31. The van der Waals surface area contributed by atoms with Gasteiger partial charge in [0.15, 0.2) is 11.0 Å². The molecule has 1 fully saturated rings. The number of esters is 1. The first-order valence-corrected chi connectivity index (χ1v) is 11.2. The van der Waals surface area contributed by atoms with Crippen molar-refractivity contribution >= 4 is 34.3 Å². The van der Waals surface area contributed by atoms with Crippen LogP contribution in [0.1, 0.15) is 69.3 Å². The van der Waals surface area contributed by atoms with E-state index < -0.39 is 5.54 Å². The molecular formula is C20H27N5O5S. The Hall–Kier alpha value is -2.82. The predicted molar refractivity (Wildman–Crippen MR) is 112 cm³/mol. The number of hydrogen-bond acceptors (Lipinski definition) is 9. The largest absolute Gasteiger partial charge is 0.469 e. The zero-order chi connectivity index (χ0) is 22.3. The Morgan fingerprint density at radius 3 is 2.61 bits per heavy atom. The fourth-order valence-electron chi connectivity index (χ4n) is 3.69. The first kappa shape index (κ1) is 22.9. The molecule has 1 aliphatic carbocycles. The molecule has 0 saturated heterocycles. The van der Waals surface area contributed by atoms with Crippen molar-refractivity contribution in [3.63, 3.8) is 0 Å². The maximum atomic E-state index is 12.3. The molecular weight excluding hydrogens is 422 g/mol. The number of hydrogen-bond donors (Lipinski definition) is 2. The fourth-order valence-corrected chi connectivity index (χ4v) is 4.42. The molecule has 0 unspecified atom stereocenters. The number of nitrogens with one attached hydrogen (secondary N) is 2. The van der Waals surface area contributed by atoms with E-state index in [1.54, 1.807) is 5.38 Å². The molecule has 168 valence electrons. The van der Waals surface area contributed by atoms with Gasteiger partial charge in [0.2, 0.25) is 17.7 Å². The number of carbonyl (C=O) groups excluding carboxylic acids is 3. The van der Waals surface area contributed by atoms with Gasteiger partial charge in [-0.3, -0.25) is 14.4 Å². The van der Waals surface area contributed by atoms with Gasteiger partial charge in [0, 0.05) is 25.1 Å². The molecule has 2 aromatic rings. The van der Waals surface area contributed by atoms with Gasteiger partial charge in [0.1, 0.15) is 5.54 Å². The number of methoxy groups -OCH3 is 1. The average Bonchev–Trinajstić information content (AvgIpc) is 3.32. The summed E-state index contributed by atoms with van der Waals surface area (Å²) in [5.41, 5.74) is -0.0659. The fraction of sp³-hybridized carbons (Fsp3) is 0.600.